The lowest BCUT2D eigenvalue weighted by Gasteiger charge is -2.77. The second kappa shape index (κ2) is 9.29. The third-order valence-corrected chi connectivity index (χ3v) is 15.4. The Morgan fingerprint density at radius 1 is 0.627 bits per heavy atom. The summed E-state index contributed by atoms with van der Waals surface area (Å²) in [6, 6.07) is 38.5. The van der Waals surface area contributed by atoms with Crippen LogP contribution in [0.1, 0.15) is 88.5 Å². The highest BCUT2D eigenvalue weighted by atomic mass is 16.5. The van der Waals surface area contributed by atoms with E-state index in [0.29, 0.717) is 17.3 Å². The molecule has 6 atom stereocenters. The molecular weight excluding hydrogens is 623 g/mol. The first-order valence-corrected chi connectivity index (χ1v) is 19.5. The molecule has 254 valence electrons. The maximum Gasteiger partial charge on any atom is 0.137 e. The fourth-order valence-corrected chi connectivity index (χ4v) is 13.4. The van der Waals surface area contributed by atoms with Crippen LogP contribution in [0.25, 0.3) is 21.9 Å². The van der Waals surface area contributed by atoms with Crippen molar-refractivity contribution >= 4 is 39.0 Å². The van der Waals surface area contributed by atoms with Crippen LogP contribution in [-0.4, -0.2) is 0 Å². The maximum atomic E-state index is 6.88. The largest absolute Gasteiger partial charge is 0.457 e. The predicted octanol–water partition coefficient (Wildman–Crippen LogP) is 12.9. The number of furan rings is 1. The molecule has 2 heterocycles. The summed E-state index contributed by atoms with van der Waals surface area (Å²) < 4.78 is 13.4. The third-order valence-electron chi connectivity index (χ3n) is 15.4. The number of ether oxygens (including phenoxy) is 1. The Morgan fingerprint density at radius 3 is 2.25 bits per heavy atom. The van der Waals surface area contributed by atoms with Crippen molar-refractivity contribution in [3.63, 3.8) is 0 Å². The van der Waals surface area contributed by atoms with Gasteiger partial charge >= 0.3 is 0 Å². The number of hydrogen-bond donors (Lipinski definition) is 0. The van der Waals surface area contributed by atoms with E-state index in [1.807, 2.05) is 0 Å². The van der Waals surface area contributed by atoms with Crippen molar-refractivity contribution in [1.82, 2.24) is 0 Å². The van der Waals surface area contributed by atoms with Crippen molar-refractivity contribution < 1.29 is 9.15 Å². The highest BCUT2D eigenvalue weighted by Crippen LogP contribution is 2.89. The van der Waals surface area contributed by atoms with Gasteiger partial charge in [-0.25, -0.2) is 0 Å². The zero-order valence-corrected chi connectivity index (χ0v) is 30.1. The van der Waals surface area contributed by atoms with Crippen LogP contribution in [-0.2, 0) is 16.2 Å². The lowest BCUT2D eigenvalue weighted by atomic mass is 9.26. The molecule has 6 aliphatic rings. The minimum Gasteiger partial charge on any atom is -0.457 e. The van der Waals surface area contributed by atoms with E-state index in [1.54, 1.807) is 0 Å². The molecule has 4 saturated carbocycles. The molecule has 1 aromatic heterocycles. The molecule has 0 radical (unpaired) electrons. The molecule has 0 amide bonds. The summed E-state index contributed by atoms with van der Waals surface area (Å²) in [7, 11) is 0. The van der Waals surface area contributed by atoms with Gasteiger partial charge in [-0.1, -0.05) is 82.3 Å². The van der Waals surface area contributed by atoms with Gasteiger partial charge in [0.15, 0.2) is 0 Å². The number of benzene rings is 5. The predicted molar refractivity (Wildman–Crippen MR) is 206 cm³/mol. The minimum absolute atomic E-state index is 0.0171. The Bertz CT molecular complexity index is 2480. The number of rotatable bonds is 3. The Hall–Kier alpha value is -4.50. The summed E-state index contributed by atoms with van der Waals surface area (Å²) in [5, 5.41) is 2.33. The van der Waals surface area contributed by atoms with Crippen molar-refractivity contribution in [2.45, 2.75) is 82.5 Å². The standard InChI is InChI=1S/C48H45NO2/c1-45(2)21-22-46(3,4)44-33(45)13-9-15-36(44)49(35-14-10-18-40-43(35)31-11-5-7-16-37(31)50-40)30-19-20-39-34(26-30)48(32-12-6-8-17-38(32)51-39)41-24-28-23-29-25-42(48)47(29,41)27-28/h5-20,26,28-29,41-42H,21-25,27H2,1-4H3. The summed E-state index contributed by atoms with van der Waals surface area (Å²) in [6.07, 6.45) is 7.99. The molecule has 3 nitrogen and oxygen atoms in total. The van der Waals surface area contributed by atoms with E-state index in [2.05, 4.69) is 136 Å². The van der Waals surface area contributed by atoms with Gasteiger partial charge in [0.25, 0.3) is 0 Å². The molecule has 0 N–H and O–H groups in total. The van der Waals surface area contributed by atoms with E-state index in [9.17, 15) is 0 Å². The van der Waals surface area contributed by atoms with Gasteiger partial charge in [0.05, 0.1) is 16.8 Å². The van der Waals surface area contributed by atoms with Crippen LogP contribution in [0.4, 0.5) is 17.1 Å². The van der Waals surface area contributed by atoms with E-state index in [4.69, 9.17) is 9.15 Å². The van der Waals surface area contributed by atoms with Gasteiger partial charge in [0.2, 0.25) is 0 Å². The number of fused-ring (bicyclic) bond motifs is 11. The molecule has 2 spiro atoms. The third kappa shape index (κ3) is 3.34. The van der Waals surface area contributed by atoms with E-state index < -0.39 is 0 Å². The van der Waals surface area contributed by atoms with Crippen molar-refractivity contribution in [2.75, 3.05) is 4.90 Å². The molecule has 1 aliphatic heterocycles. The van der Waals surface area contributed by atoms with E-state index >= 15 is 0 Å². The van der Waals surface area contributed by atoms with Crippen LogP contribution in [0.15, 0.2) is 108 Å². The SMILES string of the molecule is CC1(C)CCC(C)(C)c2c(N(c3ccc4c(c3)C3(c5ccccc5O4)C4CC5CC6CC3C64C5)c3cccc4oc5ccccc5c34)cccc21. The van der Waals surface area contributed by atoms with Gasteiger partial charge in [0, 0.05) is 27.6 Å². The lowest BCUT2D eigenvalue weighted by molar-refractivity contribution is -0.235. The van der Waals surface area contributed by atoms with E-state index in [0.717, 1.165) is 46.3 Å². The zero-order valence-electron chi connectivity index (χ0n) is 30.1. The van der Waals surface area contributed by atoms with E-state index in [-0.39, 0.29) is 16.2 Å². The quantitative estimate of drug-likeness (QED) is 0.188. The second-order valence-corrected chi connectivity index (χ2v) is 18.4. The number of anilines is 3. The molecule has 5 aliphatic carbocycles. The highest BCUT2D eigenvalue weighted by molar-refractivity contribution is 6.13. The first-order chi connectivity index (χ1) is 24.7. The fraction of sp³-hybridized carbons (Fsp3) is 0.375. The first-order valence-electron chi connectivity index (χ1n) is 19.5. The summed E-state index contributed by atoms with van der Waals surface area (Å²) in [4.78, 5) is 2.60. The average Bonchev–Trinajstić information content (AvgIpc) is 3.80. The van der Waals surface area contributed by atoms with Crippen molar-refractivity contribution in [1.29, 1.82) is 0 Å². The van der Waals surface area contributed by atoms with Gasteiger partial charge in [-0.3, -0.25) is 0 Å². The Morgan fingerprint density at radius 2 is 1.35 bits per heavy atom. The second-order valence-electron chi connectivity index (χ2n) is 18.4. The molecule has 6 unspecified atom stereocenters. The van der Waals surface area contributed by atoms with Crippen LogP contribution >= 0.6 is 0 Å². The van der Waals surface area contributed by atoms with Crippen molar-refractivity contribution in [2.24, 2.45) is 29.1 Å². The Kier molecular flexibility index (Phi) is 5.30. The van der Waals surface area contributed by atoms with Gasteiger partial charge in [0.1, 0.15) is 22.7 Å². The smallest absolute Gasteiger partial charge is 0.137 e. The van der Waals surface area contributed by atoms with Crippen LogP contribution < -0.4 is 9.64 Å². The van der Waals surface area contributed by atoms with Gasteiger partial charge in [-0.15, -0.1) is 0 Å². The molecular formula is C48H45NO2. The van der Waals surface area contributed by atoms with Crippen LogP contribution in [0.3, 0.4) is 0 Å². The molecule has 3 heteroatoms. The van der Waals surface area contributed by atoms with Gasteiger partial charge in [-0.05, 0) is 138 Å². The first kappa shape index (κ1) is 29.1. The number of hydrogen-bond acceptors (Lipinski definition) is 3. The average molecular weight is 668 g/mol. The lowest BCUT2D eigenvalue weighted by Crippen LogP contribution is -2.74. The Labute approximate surface area is 300 Å². The minimum atomic E-state index is 0.0171. The number of para-hydroxylation sites is 2. The maximum absolute atomic E-state index is 6.88. The fourth-order valence-electron chi connectivity index (χ4n) is 13.4. The molecule has 51 heavy (non-hydrogen) atoms. The topological polar surface area (TPSA) is 25.6 Å². The normalized spacial score (nSPS) is 30.9. The van der Waals surface area contributed by atoms with Gasteiger partial charge < -0.3 is 14.1 Å². The van der Waals surface area contributed by atoms with Crippen LogP contribution in [0.5, 0.6) is 11.5 Å². The summed E-state index contributed by atoms with van der Waals surface area (Å²) in [5.74, 6) is 5.36. The van der Waals surface area contributed by atoms with Crippen LogP contribution in [0.2, 0.25) is 0 Å². The monoisotopic (exact) mass is 667 g/mol. The van der Waals surface area contributed by atoms with Gasteiger partial charge in [-0.2, -0.15) is 0 Å². The number of nitrogens with zero attached hydrogens (tertiary/aromatic N) is 1. The highest BCUT2D eigenvalue weighted by Gasteiger charge is 2.84. The molecule has 5 aromatic carbocycles. The van der Waals surface area contributed by atoms with Crippen LogP contribution in [0, 0.1) is 29.1 Å². The zero-order chi connectivity index (χ0) is 34.1. The summed E-state index contributed by atoms with van der Waals surface area (Å²) >= 11 is 0. The Balaban J connectivity index is 1.15. The van der Waals surface area contributed by atoms with E-state index in [1.165, 1.54) is 76.8 Å². The molecule has 0 saturated heterocycles. The molecule has 12 rings (SSSR count). The molecule has 4 fully saturated rings. The summed E-state index contributed by atoms with van der Waals surface area (Å²) in [6.45, 7) is 9.79. The van der Waals surface area contributed by atoms with Crippen molar-refractivity contribution in [3.05, 3.63) is 125 Å². The molecule has 6 aromatic rings. The van der Waals surface area contributed by atoms with Crippen molar-refractivity contribution in [3.8, 4) is 11.5 Å². The molecule has 2 bridgehead atoms. The summed E-state index contributed by atoms with van der Waals surface area (Å²) in [5.41, 5.74) is 12.0.